The van der Waals surface area contributed by atoms with Crippen LogP contribution in [-0.4, -0.2) is 26.2 Å². The van der Waals surface area contributed by atoms with Crippen LogP contribution in [0, 0.1) is 5.82 Å². The first-order chi connectivity index (χ1) is 12.3. The van der Waals surface area contributed by atoms with E-state index in [2.05, 4.69) is 19.7 Å². The minimum Gasteiger partial charge on any atom is -0.364 e. The highest BCUT2D eigenvalue weighted by Crippen LogP contribution is 2.44. The molecule has 0 amide bonds. The number of hydrogen-bond donors (Lipinski definition) is 1. The van der Waals surface area contributed by atoms with E-state index in [1.807, 2.05) is 36.4 Å². The van der Waals surface area contributed by atoms with Crippen molar-refractivity contribution >= 4 is 23.2 Å². The average molecular weight is 354 g/mol. The summed E-state index contributed by atoms with van der Waals surface area (Å²) in [5.74, 6) is 2.22. The molecule has 6 heteroatoms. The fourth-order valence-corrected chi connectivity index (χ4v) is 5.02. The van der Waals surface area contributed by atoms with Gasteiger partial charge in [-0.1, -0.05) is 12.1 Å². The Hall–Kier alpha value is -2.08. The minimum absolute atomic E-state index is 0.171. The van der Waals surface area contributed by atoms with Crippen molar-refractivity contribution in [2.45, 2.75) is 36.5 Å². The minimum atomic E-state index is -0.171. The summed E-state index contributed by atoms with van der Waals surface area (Å²) in [6, 6.07) is 7.18. The van der Waals surface area contributed by atoms with Crippen LogP contribution in [0.1, 0.15) is 41.7 Å². The number of benzene rings is 1. The van der Waals surface area contributed by atoms with Gasteiger partial charge >= 0.3 is 0 Å². The van der Waals surface area contributed by atoms with Gasteiger partial charge in [0.15, 0.2) is 11.5 Å². The first kappa shape index (κ1) is 15.2. The topological polar surface area (TPSA) is 42.2 Å². The highest BCUT2D eigenvalue weighted by molar-refractivity contribution is 7.99. The van der Waals surface area contributed by atoms with Crippen LogP contribution < -0.4 is 5.32 Å². The van der Waals surface area contributed by atoms with Crippen LogP contribution in [0.25, 0.3) is 5.65 Å². The summed E-state index contributed by atoms with van der Waals surface area (Å²) < 4.78 is 15.6. The van der Waals surface area contributed by atoms with Crippen LogP contribution in [0.5, 0.6) is 0 Å². The highest BCUT2D eigenvalue weighted by atomic mass is 32.2. The normalized spacial score (nSPS) is 25.4. The van der Waals surface area contributed by atoms with Gasteiger partial charge in [-0.2, -0.15) is 11.8 Å². The second-order valence-corrected chi connectivity index (χ2v) is 8.11. The fraction of sp³-hybridized carbons (Fsp3) is 0.368. The summed E-state index contributed by atoms with van der Waals surface area (Å²) in [4.78, 5) is 9.12. The number of halogens is 1. The monoisotopic (exact) mass is 354 g/mol. The van der Waals surface area contributed by atoms with E-state index < -0.39 is 0 Å². The van der Waals surface area contributed by atoms with Gasteiger partial charge in [0, 0.05) is 29.6 Å². The van der Waals surface area contributed by atoms with E-state index in [0.717, 1.165) is 23.4 Å². The van der Waals surface area contributed by atoms with E-state index in [1.54, 1.807) is 12.1 Å². The third-order valence-electron chi connectivity index (χ3n) is 5.11. The summed E-state index contributed by atoms with van der Waals surface area (Å²) in [7, 11) is 0. The van der Waals surface area contributed by atoms with E-state index in [1.165, 1.54) is 30.4 Å². The Morgan fingerprint density at radius 2 is 2.24 bits per heavy atom. The van der Waals surface area contributed by atoms with Crippen LogP contribution in [-0.2, 0) is 0 Å². The molecule has 3 atom stereocenters. The maximum absolute atomic E-state index is 13.4. The summed E-state index contributed by atoms with van der Waals surface area (Å²) >= 11 is 2.01. The molecule has 1 saturated carbocycles. The van der Waals surface area contributed by atoms with Crippen LogP contribution in [0.3, 0.4) is 0 Å². The van der Waals surface area contributed by atoms with Crippen molar-refractivity contribution in [1.29, 1.82) is 0 Å². The van der Waals surface area contributed by atoms with E-state index in [4.69, 9.17) is 0 Å². The first-order valence-corrected chi connectivity index (χ1v) is 9.80. The van der Waals surface area contributed by atoms with Crippen LogP contribution >= 0.6 is 11.8 Å². The Balaban J connectivity index is 1.39. The quantitative estimate of drug-likeness (QED) is 0.754. The smallest absolute Gasteiger partial charge is 0.180 e. The second kappa shape index (κ2) is 6.02. The predicted octanol–water partition coefficient (Wildman–Crippen LogP) is 4.40. The lowest BCUT2D eigenvalue weighted by Crippen LogP contribution is -2.08. The molecule has 1 N–H and O–H groups in total. The number of fused-ring (bicyclic) bond motifs is 1. The Morgan fingerprint density at radius 1 is 1.28 bits per heavy atom. The molecule has 2 aromatic heterocycles. The lowest BCUT2D eigenvalue weighted by atomic mass is 10.1. The zero-order valence-corrected chi connectivity index (χ0v) is 14.5. The van der Waals surface area contributed by atoms with E-state index in [-0.39, 0.29) is 5.82 Å². The van der Waals surface area contributed by atoms with Gasteiger partial charge in [-0.3, -0.25) is 4.40 Å². The molecule has 1 saturated heterocycles. The maximum atomic E-state index is 13.4. The maximum Gasteiger partial charge on any atom is 0.180 e. The van der Waals surface area contributed by atoms with E-state index in [9.17, 15) is 4.39 Å². The van der Waals surface area contributed by atoms with E-state index in [0.29, 0.717) is 17.2 Å². The Bertz CT molecular complexity index is 919. The molecule has 1 aliphatic heterocycles. The average Bonchev–Trinajstić information content (AvgIpc) is 3.00. The molecule has 1 aliphatic carbocycles. The van der Waals surface area contributed by atoms with Gasteiger partial charge in [0.05, 0.1) is 11.9 Å². The van der Waals surface area contributed by atoms with Crippen molar-refractivity contribution in [2.24, 2.45) is 0 Å². The third kappa shape index (κ3) is 2.78. The van der Waals surface area contributed by atoms with Crippen molar-refractivity contribution in [3.8, 4) is 0 Å². The van der Waals surface area contributed by atoms with Crippen molar-refractivity contribution < 1.29 is 4.39 Å². The molecule has 0 unspecified atom stereocenters. The molecule has 25 heavy (non-hydrogen) atoms. The SMILES string of the molecule is Fc1cccc([C@H]2C[C@@H]2Nc2nccn3c([C@@H]4CCCS4)cnc23)c1. The summed E-state index contributed by atoms with van der Waals surface area (Å²) in [5, 5.41) is 4.04. The van der Waals surface area contributed by atoms with Gasteiger partial charge in [-0.15, -0.1) is 0 Å². The lowest BCUT2D eigenvalue weighted by Gasteiger charge is -2.10. The number of thioether (sulfide) groups is 1. The zero-order valence-electron chi connectivity index (χ0n) is 13.7. The second-order valence-electron chi connectivity index (χ2n) is 6.80. The van der Waals surface area contributed by atoms with Gasteiger partial charge in [-0.05, 0) is 42.7 Å². The molecule has 1 aromatic carbocycles. The molecule has 2 fully saturated rings. The van der Waals surface area contributed by atoms with Crippen LogP contribution in [0.2, 0.25) is 0 Å². The number of imidazole rings is 1. The number of nitrogens with one attached hydrogen (secondary N) is 1. The van der Waals surface area contributed by atoms with Crippen LogP contribution in [0.4, 0.5) is 10.2 Å². The Labute approximate surface area is 149 Å². The standard InChI is InChI=1S/C19H19FN4S/c20-13-4-1-3-12(9-13)14-10-15(14)23-18-19-22-11-16(17-5-2-8-25-17)24(19)7-6-21-18/h1,3-4,6-7,9,11,14-15,17H,2,5,8,10H2,(H,21,23)/t14-,15+,17+/m1/s1. The molecule has 0 spiro atoms. The van der Waals surface area contributed by atoms with E-state index >= 15 is 0 Å². The predicted molar refractivity (Wildman–Crippen MR) is 98.6 cm³/mol. The fourth-order valence-electron chi connectivity index (χ4n) is 3.72. The third-order valence-corrected chi connectivity index (χ3v) is 6.51. The summed E-state index contributed by atoms with van der Waals surface area (Å²) in [5.41, 5.74) is 3.20. The molecule has 4 nitrogen and oxygen atoms in total. The number of aromatic nitrogens is 3. The van der Waals surface area contributed by atoms with Crippen molar-refractivity contribution in [1.82, 2.24) is 14.4 Å². The molecule has 3 heterocycles. The summed E-state index contributed by atoms with van der Waals surface area (Å²) in [6.07, 6.45) is 9.31. The zero-order chi connectivity index (χ0) is 16.8. The summed E-state index contributed by atoms with van der Waals surface area (Å²) in [6.45, 7) is 0. The molecule has 0 bridgehead atoms. The van der Waals surface area contributed by atoms with Crippen molar-refractivity contribution in [3.05, 3.63) is 59.9 Å². The van der Waals surface area contributed by atoms with Gasteiger partial charge in [0.25, 0.3) is 0 Å². The number of nitrogens with zero attached hydrogens (tertiary/aromatic N) is 3. The van der Waals surface area contributed by atoms with Crippen molar-refractivity contribution in [3.63, 3.8) is 0 Å². The largest absolute Gasteiger partial charge is 0.364 e. The molecule has 5 rings (SSSR count). The van der Waals surface area contributed by atoms with Gasteiger partial charge in [0.2, 0.25) is 0 Å². The van der Waals surface area contributed by atoms with Gasteiger partial charge < -0.3 is 5.32 Å². The number of rotatable bonds is 4. The molecule has 0 radical (unpaired) electrons. The molecular weight excluding hydrogens is 335 g/mol. The molecule has 3 aromatic rings. The van der Waals surface area contributed by atoms with Crippen molar-refractivity contribution in [2.75, 3.05) is 11.1 Å². The molecular formula is C19H19FN4S. The molecule has 2 aliphatic rings. The molecule has 128 valence electrons. The first-order valence-electron chi connectivity index (χ1n) is 8.75. The lowest BCUT2D eigenvalue weighted by molar-refractivity contribution is 0.625. The van der Waals surface area contributed by atoms with Gasteiger partial charge in [0.1, 0.15) is 5.82 Å². The Kier molecular flexibility index (Phi) is 3.66. The Morgan fingerprint density at radius 3 is 3.08 bits per heavy atom. The number of hydrogen-bond acceptors (Lipinski definition) is 4. The van der Waals surface area contributed by atoms with Crippen LogP contribution in [0.15, 0.2) is 42.9 Å². The number of anilines is 1. The van der Waals surface area contributed by atoms with Gasteiger partial charge in [-0.25, -0.2) is 14.4 Å². The highest BCUT2D eigenvalue weighted by Gasteiger charge is 2.39.